The van der Waals surface area contributed by atoms with Gasteiger partial charge in [0.1, 0.15) is 0 Å². The minimum Gasteiger partial charge on any atom is -0.392 e. The van der Waals surface area contributed by atoms with Crippen LogP contribution in [-0.2, 0) is 6.61 Å². The maximum Gasteiger partial charge on any atom is 0.265 e. The summed E-state index contributed by atoms with van der Waals surface area (Å²) in [6, 6.07) is 10.7. The van der Waals surface area contributed by atoms with Crippen molar-refractivity contribution in [1.29, 1.82) is 0 Å². The van der Waals surface area contributed by atoms with E-state index < -0.39 is 0 Å². The highest BCUT2D eigenvalue weighted by atomic mass is 32.1. The number of carbonyl (C=O) groups excluding carboxylic acids is 1. The summed E-state index contributed by atoms with van der Waals surface area (Å²) >= 11 is 1.41. The Labute approximate surface area is 97.4 Å². The quantitative estimate of drug-likeness (QED) is 0.855. The smallest absolute Gasteiger partial charge is 0.265 e. The third-order valence-corrected chi connectivity index (χ3v) is 3.01. The Morgan fingerprint density at radius 3 is 2.56 bits per heavy atom. The lowest BCUT2D eigenvalue weighted by atomic mass is 10.2. The van der Waals surface area contributed by atoms with E-state index in [0.717, 1.165) is 11.3 Å². The molecule has 0 bridgehead atoms. The summed E-state index contributed by atoms with van der Waals surface area (Å²) in [5, 5.41) is 13.5. The van der Waals surface area contributed by atoms with Gasteiger partial charge in [0, 0.05) is 5.69 Å². The van der Waals surface area contributed by atoms with Crippen molar-refractivity contribution in [3.05, 3.63) is 52.2 Å². The molecular formula is C12H11NO2S. The van der Waals surface area contributed by atoms with E-state index in [4.69, 9.17) is 5.11 Å². The molecule has 1 amide bonds. The van der Waals surface area contributed by atoms with Crippen LogP contribution in [0.15, 0.2) is 41.8 Å². The minimum absolute atomic E-state index is 0.0130. The zero-order chi connectivity index (χ0) is 11.4. The van der Waals surface area contributed by atoms with Crippen molar-refractivity contribution in [3.63, 3.8) is 0 Å². The third kappa shape index (κ3) is 2.48. The van der Waals surface area contributed by atoms with Crippen molar-refractivity contribution in [3.8, 4) is 0 Å². The van der Waals surface area contributed by atoms with Gasteiger partial charge in [0.15, 0.2) is 0 Å². The van der Waals surface area contributed by atoms with Gasteiger partial charge in [0.05, 0.1) is 11.5 Å². The van der Waals surface area contributed by atoms with Crippen molar-refractivity contribution in [2.24, 2.45) is 0 Å². The van der Waals surface area contributed by atoms with Crippen LogP contribution >= 0.6 is 11.3 Å². The molecular weight excluding hydrogens is 222 g/mol. The van der Waals surface area contributed by atoms with Crippen molar-refractivity contribution >= 4 is 22.9 Å². The van der Waals surface area contributed by atoms with Crippen LogP contribution in [0.1, 0.15) is 15.2 Å². The molecule has 0 aliphatic carbocycles. The number of carbonyl (C=O) groups is 1. The molecule has 0 fully saturated rings. The maximum atomic E-state index is 11.7. The molecule has 0 saturated heterocycles. The number of anilines is 1. The zero-order valence-corrected chi connectivity index (χ0v) is 9.33. The Morgan fingerprint density at radius 2 is 2.00 bits per heavy atom. The lowest BCUT2D eigenvalue weighted by Crippen LogP contribution is -2.09. The van der Waals surface area contributed by atoms with Gasteiger partial charge in [-0.15, -0.1) is 11.3 Å². The highest BCUT2D eigenvalue weighted by Crippen LogP contribution is 2.14. The van der Waals surface area contributed by atoms with E-state index in [1.807, 2.05) is 11.4 Å². The first-order valence-corrected chi connectivity index (χ1v) is 5.72. The topological polar surface area (TPSA) is 49.3 Å². The fraction of sp³-hybridized carbons (Fsp3) is 0.0833. The second-order valence-electron chi connectivity index (χ2n) is 3.29. The molecule has 3 nitrogen and oxygen atoms in total. The molecule has 1 aromatic heterocycles. The first-order valence-electron chi connectivity index (χ1n) is 4.84. The van der Waals surface area contributed by atoms with Crippen LogP contribution in [0.5, 0.6) is 0 Å². The van der Waals surface area contributed by atoms with Crippen molar-refractivity contribution in [1.82, 2.24) is 0 Å². The largest absolute Gasteiger partial charge is 0.392 e. The Bertz CT molecular complexity index is 462. The highest BCUT2D eigenvalue weighted by molar-refractivity contribution is 7.12. The van der Waals surface area contributed by atoms with Crippen LogP contribution in [-0.4, -0.2) is 11.0 Å². The van der Waals surface area contributed by atoms with Gasteiger partial charge in [-0.25, -0.2) is 0 Å². The molecule has 1 heterocycles. The Balaban J connectivity index is 2.06. The maximum absolute atomic E-state index is 11.7. The van der Waals surface area contributed by atoms with E-state index in [1.54, 1.807) is 30.3 Å². The number of amides is 1. The molecule has 0 radical (unpaired) electrons. The Hall–Kier alpha value is -1.65. The van der Waals surface area contributed by atoms with Crippen LogP contribution in [0.3, 0.4) is 0 Å². The predicted molar refractivity (Wildman–Crippen MR) is 64.6 cm³/mol. The summed E-state index contributed by atoms with van der Waals surface area (Å²) in [4.78, 5) is 12.4. The van der Waals surface area contributed by atoms with Gasteiger partial charge in [-0.2, -0.15) is 0 Å². The van der Waals surface area contributed by atoms with Crippen LogP contribution in [0.25, 0.3) is 0 Å². The molecule has 2 rings (SSSR count). The highest BCUT2D eigenvalue weighted by Gasteiger charge is 2.06. The standard InChI is InChI=1S/C12H11NO2S/c14-8-9-3-5-10(6-4-9)13-12(15)11-2-1-7-16-11/h1-7,14H,8H2,(H,13,15). The lowest BCUT2D eigenvalue weighted by Gasteiger charge is -2.04. The van der Waals surface area contributed by atoms with Crippen LogP contribution in [0.2, 0.25) is 0 Å². The summed E-state index contributed by atoms with van der Waals surface area (Å²) in [6.07, 6.45) is 0. The molecule has 16 heavy (non-hydrogen) atoms. The monoisotopic (exact) mass is 233 g/mol. The van der Waals surface area contributed by atoms with Gasteiger partial charge in [0.25, 0.3) is 5.91 Å². The molecule has 0 saturated carbocycles. The fourth-order valence-electron chi connectivity index (χ4n) is 1.29. The first-order chi connectivity index (χ1) is 7.79. The third-order valence-electron chi connectivity index (χ3n) is 2.14. The SMILES string of the molecule is O=C(Nc1ccc(CO)cc1)c1cccs1. The van der Waals surface area contributed by atoms with Gasteiger partial charge < -0.3 is 10.4 Å². The number of hydrogen-bond donors (Lipinski definition) is 2. The number of rotatable bonds is 3. The molecule has 0 atom stereocenters. The van der Waals surface area contributed by atoms with E-state index in [0.29, 0.717) is 4.88 Å². The number of aliphatic hydroxyl groups excluding tert-OH is 1. The van der Waals surface area contributed by atoms with Gasteiger partial charge >= 0.3 is 0 Å². The molecule has 0 spiro atoms. The summed E-state index contributed by atoms with van der Waals surface area (Å²) in [6.45, 7) is 0.0130. The number of thiophene rings is 1. The van der Waals surface area contributed by atoms with Crippen LogP contribution < -0.4 is 5.32 Å². The second kappa shape index (κ2) is 4.92. The van der Waals surface area contributed by atoms with Gasteiger partial charge in [-0.1, -0.05) is 18.2 Å². The molecule has 0 aliphatic heterocycles. The number of aliphatic hydroxyl groups is 1. The Morgan fingerprint density at radius 1 is 1.25 bits per heavy atom. The molecule has 4 heteroatoms. The number of nitrogens with one attached hydrogen (secondary N) is 1. The second-order valence-corrected chi connectivity index (χ2v) is 4.23. The number of hydrogen-bond acceptors (Lipinski definition) is 3. The van der Waals surface area contributed by atoms with Crippen LogP contribution in [0.4, 0.5) is 5.69 Å². The van der Waals surface area contributed by atoms with E-state index in [-0.39, 0.29) is 12.5 Å². The first kappa shape index (κ1) is 10.9. The van der Waals surface area contributed by atoms with Crippen LogP contribution in [0, 0.1) is 0 Å². The van der Waals surface area contributed by atoms with E-state index >= 15 is 0 Å². The van der Waals surface area contributed by atoms with Crippen molar-refractivity contribution < 1.29 is 9.90 Å². The van der Waals surface area contributed by atoms with E-state index in [2.05, 4.69) is 5.32 Å². The summed E-state index contributed by atoms with van der Waals surface area (Å²) < 4.78 is 0. The van der Waals surface area contributed by atoms with Gasteiger partial charge in [-0.3, -0.25) is 4.79 Å². The molecule has 0 aliphatic rings. The summed E-state index contributed by atoms with van der Waals surface area (Å²) in [5.41, 5.74) is 1.56. The normalized spacial score (nSPS) is 10.1. The molecule has 82 valence electrons. The summed E-state index contributed by atoms with van der Waals surface area (Å²) in [5.74, 6) is -0.105. The molecule has 2 aromatic rings. The fourth-order valence-corrected chi connectivity index (χ4v) is 1.91. The lowest BCUT2D eigenvalue weighted by molar-refractivity contribution is 0.103. The van der Waals surface area contributed by atoms with Gasteiger partial charge in [0.2, 0.25) is 0 Å². The number of benzene rings is 1. The zero-order valence-electron chi connectivity index (χ0n) is 8.51. The van der Waals surface area contributed by atoms with E-state index in [1.165, 1.54) is 11.3 Å². The Kier molecular flexibility index (Phi) is 3.34. The summed E-state index contributed by atoms with van der Waals surface area (Å²) in [7, 11) is 0. The van der Waals surface area contributed by atoms with Crippen molar-refractivity contribution in [2.45, 2.75) is 6.61 Å². The molecule has 0 unspecified atom stereocenters. The predicted octanol–water partition coefficient (Wildman–Crippen LogP) is 2.49. The molecule has 2 N–H and O–H groups in total. The van der Waals surface area contributed by atoms with Crippen molar-refractivity contribution in [2.75, 3.05) is 5.32 Å². The van der Waals surface area contributed by atoms with E-state index in [9.17, 15) is 4.79 Å². The molecule has 1 aromatic carbocycles. The average molecular weight is 233 g/mol. The van der Waals surface area contributed by atoms with Gasteiger partial charge in [-0.05, 0) is 29.1 Å². The minimum atomic E-state index is -0.105. The average Bonchev–Trinajstić information content (AvgIpc) is 2.83.